The Labute approximate surface area is 139 Å². The van der Waals surface area contributed by atoms with Gasteiger partial charge in [-0.05, 0) is 35.9 Å². The highest BCUT2D eigenvalue weighted by molar-refractivity contribution is 6.30. The lowest BCUT2D eigenvalue weighted by atomic mass is 10.1. The van der Waals surface area contributed by atoms with Crippen LogP contribution in [0.1, 0.15) is 5.56 Å². The zero-order chi connectivity index (χ0) is 16.8. The molecule has 0 amide bonds. The molecule has 0 saturated heterocycles. The molecule has 5 nitrogen and oxygen atoms in total. The first-order valence-electron chi connectivity index (χ1n) is 6.89. The Morgan fingerprint density at radius 3 is 2.52 bits per heavy atom. The van der Waals surface area contributed by atoms with E-state index in [1.807, 2.05) is 0 Å². The molecule has 1 atom stereocenters. The van der Waals surface area contributed by atoms with E-state index in [-0.39, 0.29) is 6.42 Å². The molecular weight excluding hydrogens is 320 g/mol. The molecule has 23 heavy (non-hydrogen) atoms. The average molecular weight is 337 g/mol. The summed E-state index contributed by atoms with van der Waals surface area (Å²) in [7, 11) is 3.05. The predicted molar refractivity (Wildman–Crippen MR) is 86.8 cm³/mol. The lowest BCUT2D eigenvalue weighted by Crippen LogP contribution is -2.29. The fourth-order valence-corrected chi connectivity index (χ4v) is 2.32. The third-order valence-electron chi connectivity index (χ3n) is 3.24. The number of carbonyl (C=O) groups is 1. The molecule has 1 N–H and O–H groups in total. The minimum Gasteiger partial charge on any atom is -0.497 e. The lowest BCUT2D eigenvalue weighted by molar-refractivity contribution is -0.145. The second-order valence-corrected chi connectivity index (χ2v) is 5.22. The molecule has 0 spiro atoms. The van der Waals surface area contributed by atoms with E-state index in [4.69, 9.17) is 25.8 Å². The summed E-state index contributed by atoms with van der Waals surface area (Å²) in [5.41, 5.74) is 0.662. The highest BCUT2D eigenvalue weighted by Gasteiger charge is 2.22. The Balaban J connectivity index is 2.22. The standard InChI is InChI=1S/C17H17ClO5/c1-21-13-4-3-5-14(10-13)23-16(17(19)20)9-11-8-12(18)6-7-15(11)22-2/h3-8,10,16H,9H2,1-2H3,(H,19,20). The molecule has 0 fully saturated rings. The van der Waals surface area contributed by atoms with Crippen LogP contribution in [0.25, 0.3) is 0 Å². The smallest absolute Gasteiger partial charge is 0.345 e. The predicted octanol–water partition coefficient (Wildman–Crippen LogP) is 3.43. The van der Waals surface area contributed by atoms with E-state index in [0.717, 1.165) is 0 Å². The number of ether oxygens (including phenoxy) is 3. The highest BCUT2D eigenvalue weighted by atomic mass is 35.5. The van der Waals surface area contributed by atoms with Gasteiger partial charge >= 0.3 is 5.97 Å². The number of hydrogen-bond donors (Lipinski definition) is 1. The fraction of sp³-hybridized carbons (Fsp3) is 0.235. The van der Waals surface area contributed by atoms with Gasteiger partial charge in [0.1, 0.15) is 17.2 Å². The number of methoxy groups -OCH3 is 2. The van der Waals surface area contributed by atoms with Gasteiger partial charge in [0.05, 0.1) is 14.2 Å². The minimum atomic E-state index is -1.07. The Kier molecular flexibility index (Phi) is 5.71. The summed E-state index contributed by atoms with van der Waals surface area (Å²) in [6, 6.07) is 11.8. The van der Waals surface area contributed by atoms with Gasteiger partial charge in [0.15, 0.2) is 6.10 Å². The molecule has 0 aromatic heterocycles. The molecule has 0 heterocycles. The summed E-state index contributed by atoms with van der Waals surface area (Å²) in [6.45, 7) is 0. The fourth-order valence-electron chi connectivity index (χ4n) is 2.12. The van der Waals surface area contributed by atoms with E-state index in [2.05, 4.69) is 0 Å². The van der Waals surface area contributed by atoms with Crippen LogP contribution in [-0.2, 0) is 11.2 Å². The van der Waals surface area contributed by atoms with Crippen LogP contribution in [0.15, 0.2) is 42.5 Å². The van der Waals surface area contributed by atoms with Crippen LogP contribution < -0.4 is 14.2 Å². The van der Waals surface area contributed by atoms with Crippen molar-refractivity contribution in [1.29, 1.82) is 0 Å². The number of benzene rings is 2. The summed E-state index contributed by atoms with van der Waals surface area (Å²) >= 11 is 5.98. The molecule has 2 aromatic carbocycles. The molecule has 0 aliphatic rings. The average Bonchev–Trinajstić information content (AvgIpc) is 2.54. The quantitative estimate of drug-likeness (QED) is 0.839. The van der Waals surface area contributed by atoms with E-state index < -0.39 is 12.1 Å². The van der Waals surface area contributed by atoms with Crippen LogP contribution >= 0.6 is 11.6 Å². The van der Waals surface area contributed by atoms with Crippen molar-refractivity contribution in [2.75, 3.05) is 14.2 Å². The van der Waals surface area contributed by atoms with Crippen LogP contribution in [0.3, 0.4) is 0 Å². The second-order valence-electron chi connectivity index (χ2n) is 4.78. The second kappa shape index (κ2) is 7.74. The van der Waals surface area contributed by atoms with Crippen molar-refractivity contribution in [1.82, 2.24) is 0 Å². The number of hydrogen-bond acceptors (Lipinski definition) is 4. The third-order valence-corrected chi connectivity index (χ3v) is 3.48. The van der Waals surface area contributed by atoms with E-state index >= 15 is 0 Å². The summed E-state index contributed by atoms with van der Waals surface area (Å²) in [6.07, 6.45) is -0.953. The molecule has 0 aliphatic heterocycles. The maximum absolute atomic E-state index is 11.5. The summed E-state index contributed by atoms with van der Waals surface area (Å²) in [4.78, 5) is 11.5. The largest absolute Gasteiger partial charge is 0.497 e. The number of halogens is 1. The number of rotatable bonds is 7. The Morgan fingerprint density at radius 2 is 1.87 bits per heavy atom. The highest BCUT2D eigenvalue weighted by Crippen LogP contribution is 2.26. The molecule has 2 aromatic rings. The van der Waals surface area contributed by atoms with Crippen LogP contribution in [0.5, 0.6) is 17.2 Å². The molecule has 6 heteroatoms. The first kappa shape index (κ1) is 17.0. The molecule has 0 bridgehead atoms. The van der Waals surface area contributed by atoms with Crippen molar-refractivity contribution in [2.45, 2.75) is 12.5 Å². The van der Waals surface area contributed by atoms with E-state index in [0.29, 0.717) is 27.8 Å². The molecule has 122 valence electrons. The molecule has 2 rings (SSSR count). The molecule has 0 radical (unpaired) electrons. The van der Waals surface area contributed by atoms with Crippen molar-refractivity contribution in [3.05, 3.63) is 53.1 Å². The normalized spacial score (nSPS) is 11.6. The third kappa shape index (κ3) is 4.53. The van der Waals surface area contributed by atoms with Gasteiger partial charge in [0, 0.05) is 17.5 Å². The van der Waals surface area contributed by atoms with Gasteiger partial charge in [0.25, 0.3) is 0 Å². The van der Waals surface area contributed by atoms with Gasteiger partial charge in [-0.25, -0.2) is 4.79 Å². The molecule has 0 aliphatic carbocycles. The zero-order valence-corrected chi connectivity index (χ0v) is 13.5. The van der Waals surface area contributed by atoms with E-state index in [1.165, 1.54) is 14.2 Å². The number of aliphatic carboxylic acids is 1. The molecular formula is C17H17ClO5. The zero-order valence-electron chi connectivity index (χ0n) is 12.8. The summed E-state index contributed by atoms with van der Waals surface area (Å²) in [5.74, 6) is 0.495. The number of carboxylic acids is 1. The van der Waals surface area contributed by atoms with Crippen LogP contribution in [-0.4, -0.2) is 31.4 Å². The SMILES string of the molecule is COc1cccc(OC(Cc2cc(Cl)ccc2OC)C(=O)O)c1. The Hall–Kier alpha value is -2.40. The summed E-state index contributed by atoms with van der Waals surface area (Å²) in [5, 5.41) is 9.93. The Bertz CT molecular complexity index is 686. The van der Waals surface area contributed by atoms with Crippen LogP contribution in [0.4, 0.5) is 0 Å². The van der Waals surface area contributed by atoms with Crippen molar-refractivity contribution in [3.63, 3.8) is 0 Å². The Morgan fingerprint density at radius 1 is 1.13 bits per heavy atom. The van der Waals surface area contributed by atoms with Crippen LogP contribution in [0.2, 0.25) is 5.02 Å². The maximum Gasteiger partial charge on any atom is 0.345 e. The van der Waals surface area contributed by atoms with Gasteiger partial charge in [-0.2, -0.15) is 0 Å². The topological polar surface area (TPSA) is 65.0 Å². The first-order chi connectivity index (χ1) is 11.0. The molecule has 1 unspecified atom stereocenters. The van der Waals surface area contributed by atoms with Gasteiger partial charge in [-0.3, -0.25) is 0 Å². The van der Waals surface area contributed by atoms with Crippen LogP contribution in [0, 0.1) is 0 Å². The number of carboxylic acid groups (broad SMARTS) is 1. The van der Waals surface area contributed by atoms with Gasteiger partial charge in [0.2, 0.25) is 0 Å². The van der Waals surface area contributed by atoms with Crippen molar-refractivity contribution in [3.8, 4) is 17.2 Å². The first-order valence-corrected chi connectivity index (χ1v) is 7.27. The maximum atomic E-state index is 11.5. The van der Waals surface area contributed by atoms with E-state index in [1.54, 1.807) is 42.5 Å². The van der Waals surface area contributed by atoms with Crippen molar-refractivity contribution >= 4 is 17.6 Å². The van der Waals surface area contributed by atoms with Gasteiger partial charge in [-0.1, -0.05) is 17.7 Å². The summed E-state index contributed by atoms with van der Waals surface area (Å²) < 4.78 is 15.9. The van der Waals surface area contributed by atoms with Gasteiger partial charge in [-0.15, -0.1) is 0 Å². The molecule has 0 saturated carbocycles. The van der Waals surface area contributed by atoms with Crippen molar-refractivity contribution < 1.29 is 24.1 Å². The van der Waals surface area contributed by atoms with E-state index in [9.17, 15) is 9.90 Å². The van der Waals surface area contributed by atoms with Crippen molar-refractivity contribution in [2.24, 2.45) is 0 Å². The minimum absolute atomic E-state index is 0.121. The monoisotopic (exact) mass is 336 g/mol. The lowest BCUT2D eigenvalue weighted by Gasteiger charge is -2.17. The van der Waals surface area contributed by atoms with Gasteiger partial charge < -0.3 is 19.3 Å².